The summed E-state index contributed by atoms with van der Waals surface area (Å²) >= 11 is 3.47. The lowest BCUT2D eigenvalue weighted by molar-refractivity contribution is -0.139. The van der Waals surface area contributed by atoms with E-state index in [4.69, 9.17) is 4.74 Å². The maximum absolute atomic E-state index is 12.5. The predicted octanol–water partition coefficient (Wildman–Crippen LogP) is 4.77. The Morgan fingerprint density at radius 1 is 1.13 bits per heavy atom. The molecule has 2 atom stereocenters. The highest BCUT2D eigenvalue weighted by atomic mass is 79.9. The molecule has 0 N–H and O–H groups in total. The van der Waals surface area contributed by atoms with E-state index in [1.807, 2.05) is 35.2 Å². The van der Waals surface area contributed by atoms with Crippen molar-refractivity contribution in [3.8, 4) is 5.75 Å². The molecular weight excluding hydrogens is 354 g/mol. The zero-order valence-electron chi connectivity index (χ0n) is 13.6. The summed E-state index contributed by atoms with van der Waals surface area (Å²) in [5.41, 5.74) is 0. The van der Waals surface area contributed by atoms with Gasteiger partial charge in [-0.05, 0) is 68.1 Å². The van der Waals surface area contributed by atoms with E-state index in [-0.39, 0.29) is 12.5 Å². The molecule has 0 radical (unpaired) electrons. The highest BCUT2D eigenvalue weighted by Gasteiger charge is 2.28. The summed E-state index contributed by atoms with van der Waals surface area (Å²) in [6, 6.07) is 12.7. The van der Waals surface area contributed by atoms with Gasteiger partial charge in [-0.2, -0.15) is 0 Å². The van der Waals surface area contributed by atoms with Gasteiger partial charge in [0.2, 0.25) is 0 Å². The van der Waals surface area contributed by atoms with Crippen LogP contribution in [0.1, 0.15) is 33.1 Å². The summed E-state index contributed by atoms with van der Waals surface area (Å²) in [6.07, 6.45) is 3.37. The molecule has 122 valence electrons. The minimum Gasteiger partial charge on any atom is -0.484 e. The molecule has 3 rings (SSSR count). The van der Waals surface area contributed by atoms with Crippen LogP contribution in [0.4, 0.5) is 0 Å². The minimum atomic E-state index is 0.0839. The molecule has 0 saturated carbocycles. The Labute approximate surface area is 145 Å². The van der Waals surface area contributed by atoms with Crippen LogP contribution >= 0.6 is 15.9 Å². The van der Waals surface area contributed by atoms with E-state index in [9.17, 15) is 4.79 Å². The Kier molecular flexibility index (Phi) is 4.90. The smallest absolute Gasteiger partial charge is 0.260 e. The molecular formula is C19H22BrNO2. The molecule has 0 bridgehead atoms. The van der Waals surface area contributed by atoms with Crippen molar-refractivity contribution in [2.45, 2.75) is 45.2 Å². The SMILES string of the molecule is C[C@H]1CCC[C@H](C)N1C(=O)COc1ccc2cc(Br)ccc2c1. The Morgan fingerprint density at radius 2 is 1.78 bits per heavy atom. The second kappa shape index (κ2) is 6.91. The zero-order valence-corrected chi connectivity index (χ0v) is 15.2. The molecule has 1 saturated heterocycles. The van der Waals surface area contributed by atoms with Crippen molar-refractivity contribution in [3.05, 3.63) is 40.9 Å². The number of carbonyl (C=O) groups excluding carboxylic acids is 1. The van der Waals surface area contributed by atoms with E-state index in [0.717, 1.165) is 33.8 Å². The van der Waals surface area contributed by atoms with Crippen LogP contribution in [-0.2, 0) is 4.79 Å². The van der Waals surface area contributed by atoms with Gasteiger partial charge in [-0.3, -0.25) is 4.79 Å². The molecule has 3 nitrogen and oxygen atoms in total. The summed E-state index contributed by atoms with van der Waals surface area (Å²) in [4.78, 5) is 14.5. The molecule has 4 heteroatoms. The lowest BCUT2D eigenvalue weighted by Crippen LogP contribution is -2.49. The van der Waals surface area contributed by atoms with E-state index < -0.39 is 0 Å². The maximum atomic E-state index is 12.5. The fraction of sp³-hybridized carbons (Fsp3) is 0.421. The summed E-state index contributed by atoms with van der Waals surface area (Å²) in [7, 11) is 0. The maximum Gasteiger partial charge on any atom is 0.260 e. The number of rotatable bonds is 3. The number of fused-ring (bicyclic) bond motifs is 1. The molecule has 1 fully saturated rings. The molecule has 1 aliphatic rings. The average Bonchev–Trinajstić information content (AvgIpc) is 2.52. The second-order valence-electron chi connectivity index (χ2n) is 6.37. The van der Waals surface area contributed by atoms with Gasteiger partial charge in [-0.1, -0.05) is 28.1 Å². The number of benzene rings is 2. The largest absolute Gasteiger partial charge is 0.484 e. The van der Waals surface area contributed by atoms with E-state index in [2.05, 4.69) is 35.8 Å². The number of piperidine rings is 1. The van der Waals surface area contributed by atoms with Gasteiger partial charge in [0, 0.05) is 16.6 Å². The molecule has 0 spiro atoms. The first-order chi connectivity index (χ1) is 11.0. The summed E-state index contributed by atoms with van der Waals surface area (Å²) in [5, 5.41) is 2.26. The van der Waals surface area contributed by atoms with Crippen LogP contribution in [0.25, 0.3) is 10.8 Å². The first-order valence-corrected chi connectivity index (χ1v) is 8.97. The molecule has 2 aromatic carbocycles. The number of nitrogens with zero attached hydrogens (tertiary/aromatic N) is 1. The average molecular weight is 376 g/mol. The van der Waals surface area contributed by atoms with Gasteiger partial charge in [-0.25, -0.2) is 0 Å². The quantitative estimate of drug-likeness (QED) is 0.772. The van der Waals surface area contributed by atoms with E-state index in [0.29, 0.717) is 12.1 Å². The van der Waals surface area contributed by atoms with Crippen molar-refractivity contribution in [1.29, 1.82) is 0 Å². The van der Waals surface area contributed by atoms with Crippen molar-refractivity contribution in [2.75, 3.05) is 6.61 Å². The summed E-state index contributed by atoms with van der Waals surface area (Å²) in [6.45, 7) is 4.36. The van der Waals surface area contributed by atoms with Crippen LogP contribution in [0.15, 0.2) is 40.9 Å². The predicted molar refractivity (Wildman–Crippen MR) is 96.8 cm³/mol. The molecule has 0 unspecified atom stereocenters. The standard InChI is InChI=1S/C19H22BrNO2/c1-13-4-3-5-14(2)21(13)19(22)12-23-18-9-7-15-10-17(20)8-6-16(15)11-18/h6-11,13-14H,3-5,12H2,1-2H3/t13-,14-/m0/s1. The third-order valence-corrected chi connectivity index (χ3v) is 5.11. The molecule has 0 aromatic heterocycles. The number of halogens is 1. The van der Waals surface area contributed by atoms with Gasteiger partial charge in [-0.15, -0.1) is 0 Å². The normalized spacial score (nSPS) is 21.4. The van der Waals surface area contributed by atoms with E-state index in [1.54, 1.807) is 0 Å². The Morgan fingerprint density at radius 3 is 2.52 bits per heavy atom. The van der Waals surface area contributed by atoms with Gasteiger partial charge in [0.1, 0.15) is 5.75 Å². The van der Waals surface area contributed by atoms with Crippen LogP contribution in [0.3, 0.4) is 0 Å². The molecule has 23 heavy (non-hydrogen) atoms. The second-order valence-corrected chi connectivity index (χ2v) is 7.29. The van der Waals surface area contributed by atoms with Gasteiger partial charge in [0.15, 0.2) is 6.61 Å². The number of hydrogen-bond acceptors (Lipinski definition) is 2. The summed E-state index contributed by atoms with van der Waals surface area (Å²) < 4.78 is 6.81. The lowest BCUT2D eigenvalue weighted by atomic mass is 9.97. The number of ether oxygens (including phenoxy) is 1. The zero-order chi connectivity index (χ0) is 16.4. The number of likely N-dealkylation sites (tertiary alicyclic amines) is 1. The lowest BCUT2D eigenvalue weighted by Gasteiger charge is -2.38. The van der Waals surface area contributed by atoms with Gasteiger partial charge in [0.25, 0.3) is 5.91 Å². The van der Waals surface area contributed by atoms with Crippen molar-refractivity contribution >= 4 is 32.6 Å². The van der Waals surface area contributed by atoms with Crippen molar-refractivity contribution in [1.82, 2.24) is 4.90 Å². The molecule has 1 aliphatic heterocycles. The van der Waals surface area contributed by atoms with Crippen LogP contribution in [0, 0.1) is 0 Å². The molecule has 2 aromatic rings. The fourth-order valence-electron chi connectivity index (χ4n) is 3.42. The fourth-order valence-corrected chi connectivity index (χ4v) is 3.80. The van der Waals surface area contributed by atoms with Crippen LogP contribution < -0.4 is 4.74 Å². The molecule has 0 aliphatic carbocycles. The Balaban J connectivity index is 1.67. The van der Waals surface area contributed by atoms with Gasteiger partial charge >= 0.3 is 0 Å². The highest BCUT2D eigenvalue weighted by Crippen LogP contribution is 2.25. The number of carbonyl (C=O) groups is 1. The van der Waals surface area contributed by atoms with Crippen molar-refractivity contribution in [3.63, 3.8) is 0 Å². The van der Waals surface area contributed by atoms with Crippen molar-refractivity contribution < 1.29 is 9.53 Å². The van der Waals surface area contributed by atoms with Gasteiger partial charge < -0.3 is 9.64 Å². The van der Waals surface area contributed by atoms with Gasteiger partial charge in [0.05, 0.1) is 0 Å². The third kappa shape index (κ3) is 3.69. The third-order valence-electron chi connectivity index (χ3n) is 4.62. The molecule has 1 amide bonds. The van der Waals surface area contributed by atoms with Crippen LogP contribution in [0.2, 0.25) is 0 Å². The van der Waals surface area contributed by atoms with Crippen LogP contribution in [-0.4, -0.2) is 29.5 Å². The minimum absolute atomic E-state index is 0.0839. The number of amides is 1. The number of hydrogen-bond donors (Lipinski definition) is 0. The van der Waals surface area contributed by atoms with Crippen LogP contribution in [0.5, 0.6) is 5.75 Å². The molecule has 1 heterocycles. The van der Waals surface area contributed by atoms with Crippen molar-refractivity contribution in [2.24, 2.45) is 0 Å². The first kappa shape index (κ1) is 16.3. The Hall–Kier alpha value is -1.55. The van der Waals surface area contributed by atoms with E-state index in [1.165, 1.54) is 6.42 Å². The van der Waals surface area contributed by atoms with E-state index >= 15 is 0 Å². The highest BCUT2D eigenvalue weighted by molar-refractivity contribution is 9.10. The Bertz CT molecular complexity index is 706. The summed E-state index contributed by atoms with van der Waals surface area (Å²) in [5.74, 6) is 0.825. The monoisotopic (exact) mass is 375 g/mol. The topological polar surface area (TPSA) is 29.5 Å². The first-order valence-electron chi connectivity index (χ1n) is 8.18.